The van der Waals surface area contributed by atoms with E-state index in [4.69, 9.17) is 5.73 Å². The molecule has 1 amide bonds. The Kier molecular flexibility index (Phi) is 3.80. The standard InChI is InChI=1S/C13H13N3O3S/c1-7-5-16(13(19)15-12(7)18)6-9-8(11(14)17)3-2-4-10(9)20/h2-5,20H,6H2,1H3,(H2,14,17)(H,15,18,19). The summed E-state index contributed by atoms with van der Waals surface area (Å²) >= 11 is 4.28. The van der Waals surface area contributed by atoms with E-state index in [-0.39, 0.29) is 6.54 Å². The molecule has 1 heterocycles. The number of hydrogen-bond acceptors (Lipinski definition) is 4. The number of carbonyl (C=O) groups excluding carboxylic acids is 1. The highest BCUT2D eigenvalue weighted by Crippen LogP contribution is 2.19. The molecule has 0 radical (unpaired) electrons. The van der Waals surface area contributed by atoms with Gasteiger partial charge in [0.15, 0.2) is 0 Å². The molecular formula is C13H13N3O3S. The van der Waals surface area contributed by atoms with Crippen LogP contribution >= 0.6 is 12.6 Å². The van der Waals surface area contributed by atoms with Crippen molar-refractivity contribution in [3.8, 4) is 0 Å². The average Bonchev–Trinajstić information content (AvgIpc) is 2.37. The van der Waals surface area contributed by atoms with E-state index in [1.54, 1.807) is 25.1 Å². The molecule has 0 saturated heterocycles. The zero-order valence-electron chi connectivity index (χ0n) is 10.7. The van der Waals surface area contributed by atoms with Crippen LogP contribution in [0, 0.1) is 6.92 Å². The van der Waals surface area contributed by atoms with Crippen molar-refractivity contribution in [2.24, 2.45) is 5.73 Å². The first-order chi connectivity index (χ1) is 9.40. The van der Waals surface area contributed by atoms with Crippen molar-refractivity contribution in [2.75, 3.05) is 0 Å². The van der Waals surface area contributed by atoms with Gasteiger partial charge in [-0.2, -0.15) is 0 Å². The fraction of sp³-hybridized carbons (Fsp3) is 0.154. The van der Waals surface area contributed by atoms with Gasteiger partial charge in [0.25, 0.3) is 5.56 Å². The van der Waals surface area contributed by atoms with E-state index in [1.807, 2.05) is 0 Å². The van der Waals surface area contributed by atoms with Crippen LogP contribution in [0.15, 0.2) is 38.9 Å². The van der Waals surface area contributed by atoms with E-state index < -0.39 is 17.2 Å². The molecular weight excluding hydrogens is 278 g/mol. The van der Waals surface area contributed by atoms with Gasteiger partial charge in [-0.3, -0.25) is 19.1 Å². The summed E-state index contributed by atoms with van der Waals surface area (Å²) in [5.41, 5.74) is 5.58. The third-order valence-corrected chi connectivity index (χ3v) is 3.35. The van der Waals surface area contributed by atoms with Crippen molar-refractivity contribution in [1.29, 1.82) is 0 Å². The zero-order valence-corrected chi connectivity index (χ0v) is 11.6. The van der Waals surface area contributed by atoms with E-state index in [0.29, 0.717) is 21.6 Å². The number of aromatic amines is 1. The number of aryl methyl sites for hydroxylation is 1. The smallest absolute Gasteiger partial charge is 0.328 e. The number of thiol groups is 1. The molecule has 0 saturated carbocycles. The predicted octanol–water partition coefficient (Wildman–Crippen LogP) is 0.281. The Hall–Kier alpha value is -2.28. The first-order valence-corrected chi connectivity index (χ1v) is 6.26. The van der Waals surface area contributed by atoms with Gasteiger partial charge in [0.1, 0.15) is 0 Å². The van der Waals surface area contributed by atoms with Crippen LogP contribution in [0.25, 0.3) is 0 Å². The van der Waals surface area contributed by atoms with E-state index in [2.05, 4.69) is 17.6 Å². The topological polar surface area (TPSA) is 97.9 Å². The van der Waals surface area contributed by atoms with Crippen LogP contribution in [0.1, 0.15) is 21.5 Å². The number of carbonyl (C=O) groups is 1. The molecule has 0 aliphatic carbocycles. The third kappa shape index (κ3) is 2.67. The maximum Gasteiger partial charge on any atom is 0.328 e. The van der Waals surface area contributed by atoms with Crippen LogP contribution in [0.3, 0.4) is 0 Å². The van der Waals surface area contributed by atoms with E-state index in [0.717, 1.165) is 0 Å². The Labute approximate surface area is 119 Å². The number of hydrogen-bond donors (Lipinski definition) is 3. The summed E-state index contributed by atoms with van der Waals surface area (Å²) in [7, 11) is 0. The van der Waals surface area contributed by atoms with Crippen LogP contribution in [-0.2, 0) is 6.54 Å². The maximum atomic E-state index is 11.8. The highest BCUT2D eigenvalue weighted by atomic mass is 32.1. The number of aromatic nitrogens is 2. The van der Waals surface area contributed by atoms with Gasteiger partial charge in [-0.05, 0) is 24.6 Å². The number of amides is 1. The van der Waals surface area contributed by atoms with Crippen molar-refractivity contribution >= 4 is 18.5 Å². The van der Waals surface area contributed by atoms with Crippen molar-refractivity contribution in [1.82, 2.24) is 9.55 Å². The monoisotopic (exact) mass is 291 g/mol. The van der Waals surface area contributed by atoms with Crippen LogP contribution in [-0.4, -0.2) is 15.5 Å². The second-order valence-electron chi connectivity index (χ2n) is 4.37. The molecule has 1 aromatic heterocycles. The zero-order chi connectivity index (χ0) is 14.9. The summed E-state index contributed by atoms with van der Waals surface area (Å²) in [4.78, 5) is 37.3. The van der Waals surface area contributed by atoms with Crippen molar-refractivity contribution in [2.45, 2.75) is 18.4 Å². The largest absolute Gasteiger partial charge is 0.366 e. The summed E-state index contributed by atoms with van der Waals surface area (Å²) in [6, 6.07) is 4.93. The average molecular weight is 291 g/mol. The number of benzene rings is 1. The number of nitrogens with one attached hydrogen (secondary N) is 1. The normalized spacial score (nSPS) is 10.5. The fourth-order valence-electron chi connectivity index (χ4n) is 1.88. The lowest BCUT2D eigenvalue weighted by molar-refractivity contribution is 0.0999. The van der Waals surface area contributed by atoms with Gasteiger partial charge < -0.3 is 5.73 Å². The second-order valence-corrected chi connectivity index (χ2v) is 4.85. The highest BCUT2D eigenvalue weighted by molar-refractivity contribution is 7.80. The summed E-state index contributed by atoms with van der Waals surface area (Å²) in [6.45, 7) is 1.70. The first kappa shape index (κ1) is 14.1. The number of H-pyrrole nitrogens is 1. The Morgan fingerprint density at radius 2 is 2.10 bits per heavy atom. The lowest BCUT2D eigenvalue weighted by Gasteiger charge is -2.11. The molecule has 0 unspecified atom stereocenters. The van der Waals surface area contributed by atoms with E-state index in [9.17, 15) is 14.4 Å². The summed E-state index contributed by atoms with van der Waals surface area (Å²) in [5, 5.41) is 0. The Bertz CT molecular complexity index is 792. The summed E-state index contributed by atoms with van der Waals surface area (Å²) in [5.74, 6) is -0.593. The van der Waals surface area contributed by atoms with E-state index >= 15 is 0 Å². The van der Waals surface area contributed by atoms with Gasteiger partial charge in [-0.15, -0.1) is 12.6 Å². The van der Waals surface area contributed by atoms with Gasteiger partial charge in [0, 0.05) is 22.2 Å². The van der Waals surface area contributed by atoms with Crippen molar-refractivity contribution in [3.63, 3.8) is 0 Å². The first-order valence-electron chi connectivity index (χ1n) is 5.81. The van der Waals surface area contributed by atoms with Crippen LogP contribution in [0.5, 0.6) is 0 Å². The lowest BCUT2D eigenvalue weighted by atomic mass is 10.1. The minimum Gasteiger partial charge on any atom is -0.366 e. The Balaban J connectivity index is 2.56. The summed E-state index contributed by atoms with van der Waals surface area (Å²) in [6.07, 6.45) is 1.44. The van der Waals surface area contributed by atoms with Crippen LogP contribution in [0.2, 0.25) is 0 Å². The van der Waals surface area contributed by atoms with Gasteiger partial charge in [0.2, 0.25) is 5.91 Å². The van der Waals surface area contributed by atoms with Crippen LogP contribution < -0.4 is 17.0 Å². The lowest BCUT2D eigenvalue weighted by Crippen LogP contribution is -2.31. The molecule has 0 fully saturated rings. The SMILES string of the molecule is Cc1cn(Cc2c(S)cccc2C(N)=O)c(=O)[nH]c1=O. The Morgan fingerprint density at radius 3 is 2.75 bits per heavy atom. The quantitative estimate of drug-likeness (QED) is 0.708. The fourth-order valence-corrected chi connectivity index (χ4v) is 2.16. The molecule has 104 valence electrons. The summed E-state index contributed by atoms with van der Waals surface area (Å²) < 4.78 is 1.30. The number of nitrogens with zero attached hydrogens (tertiary/aromatic N) is 1. The van der Waals surface area contributed by atoms with Gasteiger partial charge in [-0.25, -0.2) is 4.79 Å². The molecule has 7 heteroatoms. The molecule has 1 aromatic carbocycles. The molecule has 0 spiro atoms. The third-order valence-electron chi connectivity index (χ3n) is 2.93. The number of rotatable bonds is 3. The molecule has 0 atom stereocenters. The predicted molar refractivity (Wildman–Crippen MR) is 77.4 cm³/mol. The molecule has 0 aliphatic rings. The molecule has 3 N–H and O–H groups in total. The minimum atomic E-state index is -0.593. The highest BCUT2D eigenvalue weighted by Gasteiger charge is 2.12. The number of primary amides is 1. The number of nitrogens with two attached hydrogens (primary N) is 1. The molecule has 0 bridgehead atoms. The van der Waals surface area contributed by atoms with Crippen molar-refractivity contribution < 1.29 is 4.79 Å². The van der Waals surface area contributed by atoms with Crippen molar-refractivity contribution in [3.05, 3.63) is 61.9 Å². The minimum absolute atomic E-state index is 0.106. The molecule has 0 aliphatic heterocycles. The molecule has 6 nitrogen and oxygen atoms in total. The van der Waals surface area contributed by atoms with Gasteiger partial charge in [0.05, 0.1) is 6.54 Å². The van der Waals surface area contributed by atoms with Gasteiger partial charge >= 0.3 is 5.69 Å². The Morgan fingerprint density at radius 1 is 1.40 bits per heavy atom. The van der Waals surface area contributed by atoms with Gasteiger partial charge in [-0.1, -0.05) is 6.07 Å². The van der Waals surface area contributed by atoms with E-state index in [1.165, 1.54) is 10.8 Å². The molecule has 2 rings (SSSR count). The maximum absolute atomic E-state index is 11.8. The van der Waals surface area contributed by atoms with Crippen LogP contribution in [0.4, 0.5) is 0 Å². The second kappa shape index (κ2) is 5.38. The molecule has 20 heavy (non-hydrogen) atoms. The molecule has 2 aromatic rings.